The number of aliphatic hydroxyl groups is 1. The quantitative estimate of drug-likeness (QED) is 0.538. The minimum absolute atomic E-state index is 0.241. The summed E-state index contributed by atoms with van der Waals surface area (Å²) in [7, 11) is 0. The molecule has 0 unspecified atom stereocenters. The van der Waals surface area contributed by atoms with Gasteiger partial charge < -0.3 is 14.9 Å². The fourth-order valence-electron chi connectivity index (χ4n) is 3.35. The first-order chi connectivity index (χ1) is 8.72. The van der Waals surface area contributed by atoms with Gasteiger partial charge in [-0.1, -0.05) is 12.5 Å². The van der Waals surface area contributed by atoms with Gasteiger partial charge in [0.25, 0.3) is 0 Å². The maximum Gasteiger partial charge on any atom is 0.327 e. The third-order valence-corrected chi connectivity index (χ3v) is 4.22. The normalized spacial score (nSPS) is 34.5. The monoisotopic (exact) mass is 254 g/mol. The highest BCUT2D eigenvalue weighted by atomic mass is 16.5. The molecule has 2 heterocycles. The molecule has 0 aromatic heterocycles. The Bertz CT molecular complexity index is 313. The van der Waals surface area contributed by atoms with Gasteiger partial charge in [0.05, 0.1) is 12.2 Å². The number of fused-ring (bicyclic) bond motifs is 2. The molecule has 2 aliphatic heterocycles. The SMILES string of the molecule is O=C(O)/C=C\CCCC[C@H]1[C@@H](CO)[C@H]2CC[C@@H]1O2. The fraction of sp³-hybridized carbons (Fsp3) is 0.786. The molecule has 0 aromatic rings. The number of rotatable bonds is 7. The molecule has 0 saturated carbocycles. The molecular weight excluding hydrogens is 232 g/mol. The Kier molecular flexibility index (Phi) is 4.78. The Morgan fingerprint density at radius 1 is 1.22 bits per heavy atom. The van der Waals surface area contributed by atoms with Gasteiger partial charge >= 0.3 is 5.97 Å². The smallest absolute Gasteiger partial charge is 0.327 e. The highest BCUT2D eigenvalue weighted by Gasteiger charge is 2.47. The predicted octanol–water partition coefficient (Wildman–Crippen LogP) is 1.97. The lowest BCUT2D eigenvalue weighted by Crippen LogP contribution is -2.29. The van der Waals surface area contributed by atoms with Gasteiger partial charge in [-0.15, -0.1) is 0 Å². The van der Waals surface area contributed by atoms with Gasteiger partial charge in [0.15, 0.2) is 0 Å². The van der Waals surface area contributed by atoms with Gasteiger partial charge in [-0.25, -0.2) is 4.79 Å². The molecule has 4 atom stereocenters. The second-order valence-corrected chi connectivity index (χ2v) is 5.33. The van der Waals surface area contributed by atoms with Crippen molar-refractivity contribution in [1.29, 1.82) is 0 Å². The van der Waals surface area contributed by atoms with E-state index in [1.165, 1.54) is 6.08 Å². The van der Waals surface area contributed by atoms with Gasteiger partial charge in [-0.2, -0.15) is 0 Å². The van der Waals surface area contributed by atoms with E-state index in [0.29, 0.717) is 17.9 Å². The van der Waals surface area contributed by atoms with Crippen LogP contribution in [-0.2, 0) is 9.53 Å². The molecule has 0 amide bonds. The van der Waals surface area contributed by atoms with E-state index in [1.807, 2.05) is 0 Å². The summed E-state index contributed by atoms with van der Waals surface area (Å²) in [5.74, 6) is -0.0348. The van der Waals surface area contributed by atoms with E-state index in [-0.39, 0.29) is 12.7 Å². The van der Waals surface area contributed by atoms with Crippen LogP contribution in [0.25, 0.3) is 0 Å². The van der Waals surface area contributed by atoms with Crippen molar-refractivity contribution >= 4 is 5.97 Å². The highest BCUT2D eigenvalue weighted by Crippen LogP contribution is 2.45. The summed E-state index contributed by atoms with van der Waals surface area (Å²) >= 11 is 0. The largest absolute Gasteiger partial charge is 0.478 e. The number of carboxylic acids is 1. The second-order valence-electron chi connectivity index (χ2n) is 5.33. The van der Waals surface area contributed by atoms with Crippen LogP contribution < -0.4 is 0 Å². The first-order valence-corrected chi connectivity index (χ1v) is 6.88. The van der Waals surface area contributed by atoms with E-state index in [1.54, 1.807) is 6.08 Å². The zero-order chi connectivity index (χ0) is 13.0. The van der Waals surface area contributed by atoms with Crippen molar-refractivity contribution in [3.63, 3.8) is 0 Å². The van der Waals surface area contributed by atoms with E-state index in [9.17, 15) is 9.90 Å². The fourth-order valence-corrected chi connectivity index (χ4v) is 3.35. The number of hydrogen-bond acceptors (Lipinski definition) is 3. The molecule has 2 N–H and O–H groups in total. The van der Waals surface area contributed by atoms with Crippen molar-refractivity contribution in [2.75, 3.05) is 6.61 Å². The number of ether oxygens (including phenoxy) is 1. The average Bonchev–Trinajstić information content (AvgIpc) is 2.93. The minimum atomic E-state index is -0.878. The number of carbonyl (C=O) groups is 1. The van der Waals surface area contributed by atoms with Gasteiger partial charge in [0.1, 0.15) is 0 Å². The Morgan fingerprint density at radius 3 is 2.61 bits per heavy atom. The average molecular weight is 254 g/mol. The molecule has 2 bridgehead atoms. The predicted molar refractivity (Wildman–Crippen MR) is 67.2 cm³/mol. The highest BCUT2D eigenvalue weighted by molar-refractivity contribution is 5.79. The van der Waals surface area contributed by atoms with Crippen molar-refractivity contribution in [3.05, 3.63) is 12.2 Å². The van der Waals surface area contributed by atoms with Crippen molar-refractivity contribution in [2.24, 2.45) is 11.8 Å². The Labute approximate surface area is 108 Å². The van der Waals surface area contributed by atoms with Gasteiger partial charge in [0, 0.05) is 18.6 Å². The maximum absolute atomic E-state index is 10.3. The number of carboxylic acid groups (broad SMARTS) is 1. The summed E-state index contributed by atoms with van der Waals surface area (Å²) in [5.41, 5.74) is 0. The number of aliphatic hydroxyl groups excluding tert-OH is 1. The lowest BCUT2D eigenvalue weighted by atomic mass is 9.77. The molecule has 0 aromatic carbocycles. The molecule has 0 aliphatic carbocycles. The molecule has 2 aliphatic rings. The van der Waals surface area contributed by atoms with Crippen LogP contribution in [0.4, 0.5) is 0 Å². The van der Waals surface area contributed by atoms with E-state index in [4.69, 9.17) is 9.84 Å². The Balaban J connectivity index is 1.66. The second kappa shape index (κ2) is 6.34. The molecule has 102 valence electrons. The van der Waals surface area contributed by atoms with Gasteiger partial charge in [0.2, 0.25) is 0 Å². The molecule has 18 heavy (non-hydrogen) atoms. The summed E-state index contributed by atoms with van der Waals surface area (Å²) < 4.78 is 5.85. The van der Waals surface area contributed by atoms with Crippen molar-refractivity contribution in [3.8, 4) is 0 Å². The first-order valence-electron chi connectivity index (χ1n) is 6.88. The lowest BCUT2D eigenvalue weighted by Gasteiger charge is -2.26. The zero-order valence-corrected chi connectivity index (χ0v) is 10.6. The van der Waals surface area contributed by atoms with Crippen LogP contribution in [-0.4, -0.2) is 35.0 Å². The van der Waals surface area contributed by atoms with Crippen LogP contribution in [0.3, 0.4) is 0 Å². The van der Waals surface area contributed by atoms with Crippen LogP contribution in [0, 0.1) is 11.8 Å². The zero-order valence-electron chi connectivity index (χ0n) is 10.6. The van der Waals surface area contributed by atoms with Crippen molar-refractivity contribution in [1.82, 2.24) is 0 Å². The van der Waals surface area contributed by atoms with Crippen molar-refractivity contribution in [2.45, 2.75) is 50.7 Å². The minimum Gasteiger partial charge on any atom is -0.478 e. The summed E-state index contributed by atoms with van der Waals surface area (Å²) in [4.78, 5) is 10.3. The number of aliphatic carboxylic acids is 1. The van der Waals surface area contributed by atoms with E-state index >= 15 is 0 Å². The first kappa shape index (κ1) is 13.6. The van der Waals surface area contributed by atoms with E-state index in [0.717, 1.165) is 38.5 Å². The molecule has 2 rings (SSSR count). The third-order valence-electron chi connectivity index (χ3n) is 4.22. The van der Waals surface area contributed by atoms with Crippen molar-refractivity contribution < 1.29 is 19.7 Å². The number of unbranched alkanes of at least 4 members (excludes halogenated alkanes) is 2. The van der Waals surface area contributed by atoms with E-state index < -0.39 is 5.97 Å². The molecule has 0 radical (unpaired) electrons. The maximum atomic E-state index is 10.3. The van der Waals surface area contributed by atoms with Crippen LogP contribution in [0.2, 0.25) is 0 Å². The molecular formula is C14H22O4. The molecule has 4 nitrogen and oxygen atoms in total. The Morgan fingerprint density at radius 2 is 1.94 bits per heavy atom. The molecule has 2 fully saturated rings. The van der Waals surface area contributed by atoms with Gasteiger partial charge in [-0.3, -0.25) is 0 Å². The summed E-state index contributed by atoms with van der Waals surface area (Å²) in [6, 6.07) is 0. The van der Waals surface area contributed by atoms with Gasteiger partial charge in [-0.05, 0) is 38.0 Å². The lowest BCUT2D eigenvalue weighted by molar-refractivity contribution is -0.131. The third kappa shape index (κ3) is 3.12. The summed E-state index contributed by atoms with van der Waals surface area (Å²) in [5, 5.41) is 17.9. The molecule has 2 saturated heterocycles. The number of allylic oxidation sites excluding steroid dienone is 1. The van der Waals surface area contributed by atoms with Crippen LogP contribution in [0.5, 0.6) is 0 Å². The van der Waals surface area contributed by atoms with Crippen LogP contribution >= 0.6 is 0 Å². The topological polar surface area (TPSA) is 66.8 Å². The van der Waals surface area contributed by atoms with Crippen LogP contribution in [0.1, 0.15) is 38.5 Å². The standard InChI is InChI=1S/C14H22O4/c15-9-11-10(12-7-8-13(11)18-12)5-3-1-2-4-6-14(16)17/h4,6,10-13,15H,1-3,5,7-9H2,(H,16,17)/b6-4-/t10-,11+,12-,13+/m0/s1. The molecule has 0 spiro atoms. The number of hydrogen-bond donors (Lipinski definition) is 2. The van der Waals surface area contributed by atoms with Crippen LogP contribution in [0.15, 0.2) is 12.2 Å². The summed E-state index contributed by atoms with van der Waals surface area (Å²) in [6.07, 6.45) is 9.82. The van der Waals surface area contributed by atoms with E-state index in [2.05, 4.69) is 0 Å². The Hall–Kier alpha value is -0.870. The summed E-state index contributed by atoms with van der Waals surface area (Å²) in [6.45, 7) is 0.241. The molecule has 4 heteroatoms.